The minimum atomic E-state index is -0.122. The molecule has 0 amide bonds. The molecule has 0 radical (unpaired) electrons. The van der Waals surface area contributed by atoms with Gasteiger partial charge in [-0.25, -0.2) is 0 Å². The molecular weight excluding hydrogens is 268 g/mol. The molecule has 0 unspecified atom stereocenters. The quantitative estimate of drug-likeness (QED) is 0.689. The smallest absolute Gasteiger partial charge is 0.195 e. The molecule has 0 aliphatic heterocycles. The second-order valence-electron chi connectivity index (χ2n) is 5.77. The molecule has 0 spiro atoms. The van der Waals surface area contributed by atoms with Crippen LogP contribution in [0.25, 0.3) is 22.3 Å². The minimum Gasteiger partial charge on any atom is -0.295 e. The zero-order chi connectivity index (χ0) is 14.3. The lowest BCUT2D eigenvalue weighted by Crippen LogP contribution is -2.22. The predicted molar refractivity (Wildman–Crippen MR) is 83.1 cm³/mol. The van der Waals surface area contributed by atoms with Gasteiger partial charge in [0.2, 0.25) is 0 Å². The second-order valence-corrected chi connectivity index (χ2v) is 6.16. The minimum absolute atomic E-state index is 0.122. The summed E-state index contributed by atoms with van der Waals surface area (Å²) < 4.78 is 2.68. The number of hydrogen-bond acceptors (Lipinski definition) is 3. The van der Waals surface area contributed by atoms with E-state index in [0.717, 1.165) is 22.3 Å². The summed E-state index contributed by atoms with van der Waals surface area (Å²) in [5.74, 6) is 0.855. The molecule has 2 aromatic heterocycles. The van der Waals surface area contributed by atoms with Crippen LogP contribution in [0, 0.1) is 4.77 Å². The fourth-order valence-corrected chi connectivity index (χ4v) is 2.73. The van der Waals surface area contributed by atoms with Crippen molar-refractivity contribution < 1.29 is 0 Å². The fraction of sp³-hybridized carbons (Fsp3) is 0.267. The van der Waals surface area contributed by atoms with Crippen LogP contribution in [0.1, 0.15) is 20.8 Å². The molecule has 0 atom stereocenters. The first kappa shape index (κ1) is 13.0. The Labute approximate surface area is 122 Å². The second kappa shape index (κ2) is 4.52. The molecule has 2 heterocycles. The van der Waals surface area contributed by atoms with E-state index in [1.807, 2.05) is 22.8 Å². The van der Waals surface area contributed by atoms with Crippen molar-refractivity contribution in [2.75, 3.05) is 0 Å². The summed E-state index contributed by atoms with van der Waals surface area (Å²) in [4.78, 5) is 4.34. The van der Waals surface area contributed by atoms with Gasteiger partial charge in [-0.05, 0) is 57.3 Å². The van der Waals surface area contributed by atoms with Crippen molar-refractivity contribution in [1.82, 2.24) is 19.7 Å². The van der Waals surface area contributed by atoms with Crippen molar-refractivity contribution in [3.63, 3.8) is 0 Å². The lowest BCUT2D eigenvalue weighted by atomic mass is 10.1. The van der Waals surface area contributed by atoms with Crippen LogP contribution in [0.15, 0.2) is 36.5 Å². The molecule has 0 bridgehead atoms. The van der Waals surface area contributed by atoms with Crippen LogP contribution < -0.4 is 0 Å². The zero-order valence-electron chi connectivity index (χ0n) is 11.7. The van der Waals surface area contributed by atoms with Crippen molar-refractivity contribution >= 4 is 23.1 Å². The van der Waals surface area contributed by atoms with Crippen molar-refractivity contribution in [2.24, 2.45) is 0 Å². The zero-order valence-corrected chi connectivity index (χ0v) is 12.5. The fourth-order valence-electron chi connectivity index (χ4n) is 2.33. The number of rotatable bonds is 1. The first-order chi connectivity index (χ1) is 9.47. The maximum absolute atomic E-state index is 5.35. The molecule has 0 saturated carbocycles. The molecule has 5 heteroatoms. The molecule has 0 aliphatic rings. The van der Waals surface area contributed by atoms with E-state index in [1.54, 1.807) is 6.20 Å². The highest BCUT2D eigenvalue weighted by atomic mass is 32.1. The highest BCUT2D eigenvalue weighted by Crippen LogP contribution is 2.26. The summed E-state index contributed by atoms with van der Waals surface area (Å²) in [6, 6.07) is 10.1. The maximum atomic E-state index is 5.35. The van der Waals surface area contributed by atoms with Crippen molar-refractivity contribution in [1.29, 1.82) is 0 Å². The van der Waals surface area contributed by atoms with E-state index in [9.17, 15) is 0 Å². The number of fused-ring (bicyclic) bond motifs is 1. The number of pyridine rings is 1. The summed E-state index contributed by atoms with van der Waals surface area (Å²) in [5.41, 5.74) is 1.89. The third-order valence-electron chi connectivity index (χ3n) is 3.20. The van der Waals surface area contributed by atoms with Crippen molar-refractivity contribution in [3.05, 3.63) is 41.3 Å². The Morgan fingerprint density at radius 1 is 1.20 bits per heavy atom. The van der Waals surface area contributed by atoms with Gasteiger partial charge in [-0.15, -0.1) is 0 Å². The van der Waals surface area contributed by atoms with Crippen LogP contribution >= 0.6 is 12.2 Å². The Morgan fingerprint density at radius 2 is 2.00 bits per heavy atom. The van der Waals surface area contributed by atoms with Crippen LogP contribution in [0.5, 0.6) is 0 Å². The van der Waals surface area contributed by atoms with Crippen molar-refractivity contribution in [3.8, 4) is 11.4 Å². The first-order valence-corrected chi connectivity index (χ1v) is 6.91. The SMILES string of the molecule is CC(C)(C)n1c(-c2ccc3ncccc3c2)n[nH]c1=S. The summed E-state index contributed by atoms with van der Waals surface area (Å²) in [5, 5.41) is 8.37. The number of nitrogens with zero attached hydrogens (tertiary/aromatic N) is 3. The molecule has 4 nitrogen and oxygen atoms in total. The molecule has 1 N–H and O–H groups in total. The van der Waals surface area contributed by atoms with Gasteiger partial charge in [-0.3, -0.25) is 14.6 Å². The molecule has 102 valence electrons. The van der Waals surface area contributed by atoms with Crippen LogP contribution in [0.3, 0.4) is 0 Å². The van der Waals surface area contributed by atoms with Gasteiger partial charge in [0, 0.05) is 22.7 Å². The van der Waals surface area contributed by atoms with Gasteiger partial charge in [-0.2, -0.15) is 5.10 Å². The molecule has 0 saturated heterocycles. The number of H-pyrrole nitrogens is 1. The average molecular weight is 284 g/mol. The number of nitrogens with one attached hydrogen (secondary N) is 1. The normalized spacial score (nSPS) is 11.9. The van der Waals surface area contributed by atoms with Gasteiger partial charge in [0.25, 0.3) is 0 Å². The standard InChI is InChI=1S/C15H16N4S/c1-15(2,3)19-13(17-18-14(19)20)11-6-7-12-10(9-11)5-4-8-16-12/h4-9H,1-3H3,(H,18,20). The van der Waals surface area contributed by atoms with Crippen LogP contribution in [-0.4, -0.2) is 19.7 Å². The molecule has 0 fully saturated rings. The highest BCUT2D eigenvalue weighted by molar-refractivity contribution is 7.71. The topological polar surface area (TPSA) is 46.5 Å². The molecule has 3 rings (SSSR count). The summed E-state index contributed by atoms with van der Waals surface area (Å²) in [7, 11) is 0. The molecule has 1 aromatic carbocycles. The number of aromatic nitrogens is 4. The van der Waals surface area contributed by atoms with Crippen molar-refractivity contribution in [2.45, 2.75) is 26.3 Å². The molecule has 3 aromatic rings. The monoisotopic (exact) mass is 284 g/mol. The van der Waals surface area contributed by atoms with E-state index in [-0.39, 0.29) is 5.54 Å². The van der Waals surface area contributed by atoms with E-state index in [4.69, 9.17) is 12.2 Å². The van der Waals surface area contributed by atoms with Gasteiger partial charge in [0.05, 0.1) is 5.52 Å². The third kappa shape index (κ3) is 2.14. The molecular formula is C15H16N4S. The Hall–Kier alpha value is -2.01. The lowest BCUT2D eigenvalue weighted by molar-refractivity contribution is 0.395. The Morgan fingerprint density at radius 3 is 2.75 bits per heavy atom. The van der Waals surface area contributed by atoms with Gasteiger partial charge < -0.3 is 0 Å². The van der Waals surface area contributed by atoms with E-state index in [1.165, 1.54) is 0 Å². The third-order valence-corrected chi connectivity index (χ3v) is 3.48. The summed E-state index contributed by atoms with van der Waals surface area (Å²) >= 11 is 5.35. The molecule has 20 heavy (non-hydrogen) atoms. The Balaban J connectivity index is 2.24. The van der Waals surface area contributed by atoms with Gasteiger partial charge in [0.15, 0.2) is 10.6 Å². The van der Waals surface area contributed by atoms with E-state index in [0.29, 0.717) is 4.77 Å². The maximum Gasteiger partial charge on any atom is 0.195 e. The van der Waals surface area contributed by atoms with Crippen LogP contribution in [-0.2, 0) is 5.54 Å². The molecule has 0 aliphatic carbocycles. The van der Waals surface area contributed by atoms with E-state index < -0.39 is 0 Å². The van der Waals surface area contributed by atoms with E-state index >= 15 is 0 Å². The average Bonchev–Trinajstić information content (AvgIpc) is 2.80. The largest absolute Gasteiger partial charge is 0.295 e. The van der Waals surface area contributed by atoms with E-state index in [2.05, 4.69) is 48.1 Å². The summed E-state index contributed by atoms with van der Waals surface area (Å²) in [6.07, 6.45) is 1.80. The highest BCUT2D eigenvalue weighted by Gasteiger charge is 2.20. The van der Waals surface area contributed by atoms with Gasteiger partial charge in [-0.1, -0.05) is 6.07 Å². The lowest BCUT2D eigenvalue weighted by Gasteiger charge is -2.22. The van der Waals surface area contributed by atoms with Crippen LogP contribution in [0.2, 0.25) is 0 Å². The van der Waals surface area contributed by atoms with Crippen LogP contribution in [0.4, 0.5) is 0 Å². The Bertz CT molecular complexity index is 823. The Kier molecular flexibility index (Phi) is 2.94. The summed E-state index contributed by atoms with van der Waals surface area (Å²) in [6.45, 7) is 6.35. The van der Waals surface area contributed by atoms with Gasteiger partial charge in [0.1, 0.15) is 0 Å². The number of aromatic amines is 1. The first-order valence-electron chi connectivity index (χ1n) is 6.50. The number of hydrogen-bond donors (Lipinski definition) is 1. The van der Waals surface area contributed by atoms with Gasteiger partial charge >= 0.3 is 0 Å². The number of benzene rings is 1. The predicted octanol–water partition coefficient (Wildman–Crippen LogP) is 3.91.